The zero-order chi connectivity index (χ0) is 20.0. The van der Waals surface area contributed by atoms with Crippen LogP contribution in [0.4, 0.5) is 5.69 Å². The number of hydrogen-bond donors (Lipinski definition) is 3. The zero-order valence-corrected chi connectivity index (χ0v) is 15.6. The fraction of sp³-hybridized carbons (Fsp3) is 0.526. The van der Waals surface area contributed by atoms with Crippen LogP contribution in [0.25, 0.3) is 0 Å². The van der Waals surface area contributed by atoms with Crippen molar-refractivity contribution >= 4 is 24.0 Å². The first-order chi connectivity index (χ1) is 12.9. The van der Waals surface area contributed by atoms with E-state index in [4.69, 9.17) is 10.5 Å². The Hall–Kier alpha value is -2.61. The Morgan fingerprint density at radius 2 is 2.07 bits per heavy atom. The lowest BCUT2D eigenvalue weighted by Crippen LogP contribution is -2.51. The summed E-state index contributed by atoms with van der Waals surface area (Å²) < 4.78 is 5.50. The van der Waals surface area contributed by atoms with E-state index in [2.05, 4.69) is 5.32 Å². The standard InChI is InChI=1S/C19H27N3O5/c1-12(17(27-2)16-4-3-9-22(16)11-23)18(24)21-15(19(25)26)10-13-5-7-14(20)8-6-13/h5-8,11-12,15-17H,3-4,9-10,20H2,1-2H3,(H,21,24)(H,25,26). The molecule has 4 atom stereocenters. The highest BCUT2D eigenvalue weighted by Gasteiger charge is 2.38. The maximum Gasteiger partial charge on any atom is 0.326 e. The Morgan fingerprint density at radius 3 is 2.63 bits per heavy atom. The highest BCUT2D eigenvalue weighted by atomic mass is 16.5. The highest BCUT2D eigenvalue weighted by molar-refractivity contribution is 5.85. The van der Waals surface area contributed by atoms with Crippen molar-refractivity contribution in [1.29, 1.82) is 0 Å². The number of nitrogens with two attached hydrogens (primary N) is 1. The van der Waals surface area contributed by atoms with Gasteiger partial charge in [0.15, 0.2) is 0 Å². The number of carboxylic acids is 1. The number of benzene rings is 1. The molecule has 1 aromatic rings. The van der Waals surface area contributed by atoms with Crippen molar-refractivity contribution in [2.45, 2.75) is 44.4 Å². The molecule has 0 saturated carbocycles. The van der Waals surface area contributed by atoms with Crippen LogP contribution in [-0.2, 0) is 25.5 Å². The zero-order valence-electron chi connectivity index (χ0n) is 15.6. The van der Waals surface area contributed by atoms with Gasteiger partial charge in [0.25, 0.3) is 0 Å². The van der Waals surface area contributed by atoms with Crippen LogP contribution in [0.1, 0.15) is 25.3 Å². The summed E-state index contributed by atoms with van der Waals surface area (Å²) in [6.45, 7) is 2.32. The summed E-state index contributed by atoms with van der Waals surface area (Å²) in [7, 11) is 1.50. The minimum absolute atomic E-state index is 0.148. The number of amides is 2. The number of anilines is 1. The van der Waals surface area contributed by atoms with E-state index in [1.165, 1.54) is 7.11 Å². The largest absolute Gasteiger partial charge is 0.480 e. The number of carbonyl (C=O) groups is 3. The molecule has 4 N–H and O–H groups in total. The second-order valence-corrected chi connectivity index (χ2v) is 6.89. The fourth-order valence-electron chi connectivity index (χ4n) is 3.53. The number of hydrogen-bond acceptors (Lipinski definition) is 5. The highest BCUT2D eigenvalue weighted by Crippen LogP contribution is 2.25. The van der Waals surface area contributed by atoms with Crippen LogP contribution >= 0.6 is 0 Å². The number of likely N-dealkylation sites (tertiary alicyclic amines) is 1. The lowest BCUT2D eigenvalue weighted by atomic mass is 9.94. The first-order valence-electron chi connectivity index (χ1n) is 8.98. The molecule has 0 bridgehead atoms. The Balaban J connectivity index is 2.05. The summed E-state index contributed by atoms with van der Waals surface area (Å²) in [4.78, 5) is 37.1. The van der Waals surface area contributed by atoms with Gasteiger partial charge in [-0.2, -0.15) is 0 Å². The number of nitrogens with zero attached hydrogens (tertiary/aromatic N) is 1. The van der Waals surface area contributed by atoms with Gasteiger partial charge in [0.1, 0.15) is 6.04 Å². The summed E-state index contributed by atoms with van der Waals surface area (Å²) in [5.41, 5.74) is 6.99. The molecule has 148 valence electrons. The van der Waals surface area contributed by atoms with Gasteiger partial charge in [-0.25, -0.2) is 4.79 Å². The molecule has 1 aliphatic rings. The topological polar surface area (TPSA) is 122 Å². The molecular formula is C19H27N3O5. The van der Waals surface area contributed by atoms with Gasteiger partial charge in [-0.15, -0.1) is 0 Å². The van der Waals surface area contributed by atoms with Gasteiger partial charge in [0.2, 0.25) is 12.3 Å². The van der Waals surface area contributed by atoms with Crippen molar-refractivity contribution < 1.29 is 24.2 Å². The van der Waals surface area contributed by atoms with E-state index in [-0.39, 0.29) is 12.5 Å². The second-order valence-electron chi connectivity index (χ2n) is 6.89. The minimum atomic E-state index is -1.11. The number of nitrogens with one attached hydrogen (secondary N) is 1. The van der Waals surface area contributed by atoms with Crippen molar-refractivity contribution in [3.05, 3.63) is 29.8 Å². The molecule has 8 nitrogen and oxygen atoms in total. The molecule has 0 aliphatic carbocycles. The maximum absolute atomic E-state index is 12.7. The lowest BCUT2D eigenvalue weighted by molar-refractivity contribution is -0.144. The van der Waals surface area contributed by atoms with Crippen LogP contribution in [-0.4, -0.2) is 60.1 Å². The third-order valence-electron chi connectivity index (χ3n) is 5.07. The maximum atomic E-state index is 12.7. The third kappa shape index (κ3) is 5.19. The summed E-state index contributed by atoms with van der Waals surface area (Å²) in [6.07, 6.45) is 2.03. The first-order valence-corrected chi connectivity index (χ1v) is 8.98. The predicted octanol–water partition coefficient (Wildman–Crippen LogP) is 0.653. The van der Waals surface area contributed by atoms with E-state index < -0.39 is 29.9 Å². The quantitative estimate of drug-likeness (QED) is 0.429. The van der Waals surface area contributed by atoms with Crippen LogP contribution in [0.2, 0.25) is 0 Å². The molecule has 27 heavy (non-hydrogen) atoms. The molecule has 1 aromatic carbocycles. The molecule has 8 heteroatoms. The van der Waals surface area contributed by atoms with Gasteiger partial charge in [-0.3, -0.25) is 9.59 Å². The van der Waals surface area contributed by atoms with Gasteiger partial charge in [0.05, 0.1) is 18.1 Å². The number of ether oxygens (including phenoxy) is 1. The average molecular weight is 377 g/mol. The molecule has 1 fully saturated rings. The van der Waals surface area contributed by atoms with Gasteiger partial charge in [-0.1, -0.05) is 19.1 Å². The smallest absolute Gasteiger partial charge is 0.326 e. The molecule has 0 radical (unpaired) electrons. The van der Waals surface area contributed by atoms with Crippen LogP contribution in [0.5, 0.6) is 0 Å². The number of nitrogen functional groups attached to an aromatic ring is 1. The summed E-state index contributed by atoms with van der Waals surface area (Å²) >= 11 is 0. The SMILES string of the molecule is COC(C(C)C(=O)NC(Cc1ccc(N)cc1)C(=O)O)C1CCCN1C=O. The van der Waals surface area contributed by atoms with Crippen molar-refractivity contribution in [3.63, 3.8) is 0 Å². The molecule has 2 amide bonds. The van der Waals surface area contributed by atoms with E-state index >= 15 is 0 Å². The van der Waals surface area contributed by atoms with Crippen molar-refractivity contribution in [3.8, 4) is 0 Å². The molecule has 1 heterocycles. The van der Waals surface area contributed by atoms with Crippen LogP contribution in [0.15, 0.2) is 24.3 Å². The lowest BCUT2D eigenvalue weighted by Gasteiger charge is -2.32. The van der Waals surface area contributed by atoms with Crippen LogP contribution in [0.3, 0.4) is 0 Å². The normalized spacial score (nSPS) is 19.9. The first kappa shape index (κ1) is 20.7. The van der Waals surface area contributed by atoms with Gasteiger partial charge in [0, 0.05) is 25.8 Å². The number of methoxy groups -OCH3 is 1. The number of aliphatic carboxylic acids is 1. The van der Waals surface area contributed by atoms with Crippen molar-refractivity contribution in [2.24, 2.45) is 5.92 Å². The molecule has 1 saturated heterocycles. The molecule has 1 aliphatic heterocycles. The van der Waals surface area contributed by atoms with E-state index in [9.17, 15) is 19.5 Å². The van der Waals surface area contributed by atoms with Crippen molar-refractivity contribution in [2.75, 3.05) is 19.4 Å². The summed E-state index contributed by atoms with van der Waals surface area (Å²) in [5.74, 6) is -2.13. The minimum Gasteiger partial charge on any atom is -0.480 e. The summed E-state index contributed by atoms with van der Waals surface area (Å²) in [6, 6.07) is 5.60. The van der Waals surface area contributed by atoms with Gasteiger partial charge < -0.3 is 25.8 Å². The molecule has 0 aromatic heterocycles. The monoisotopic (exact) mass is 377 g/mol. The van der Waals surface area contributed by atoms with E-state index in [1.807, 2.05) is 0 Å². The number of carbonyl (C=O) groups excluding carboxylic acids is 2. The third-order valence-corrected chi connectivity index (χ3v) is 5.07. The van der Waals surface area contributed by atoms with Crippen LogP contribution in [0, 0.1) is 5.92 Å². The van der Waals surface area contributed by atoms with Gasteiger partial charge in [-0.05, 0) is 30.5 Å². The van der Waals surface area contributed by atoms with E-state index in [1.54, 1.807) is 36.1 Å². The molecule has 4 unspecified atom stereocenters. The van der Waals surface area contributed by atoms with Crippen molar-refractivity contribution in [1.82, 2.24) is 10.2 Å². The van der Waals surface area contributed by atoms with E-state index in [0.717, 1.165) is 24.8 Å². The van der Waals surface area contributed by atoms with E-state index in [0.29, 0.717) is 12.2 Å². The number of rotatable bonds is 9. The number of carboxylic acid groups (broad SMARTS) is 1. The Labute approximate surface area is 158 Å². The Kier molecular flexibility index (Phi) is 7.18. The summed E-state index contributed by atoms with van der Waals surface area (Å²) in [5, 5.41) is 12.1. The van der Waals surface area contributed by atoms with Crippen LogP contribution < -0.4 is 11.1 Å². The molecule has 2 rings (SSSR count). The van der Waals surface area contributed by atoms with Gasteiger partial charge >= 0.3 is 5.97 Å². The molecule has 0 spiro atoms. The fourth-order valence-corrected chi connectivity index (χ4v) is 3.53. The second kappa shape index (κ2) is 9.36. The average Bonchev–Trinajstić information content (AvgIpc) is 3.11. The Bertz CT molecular complexity index is 664. The Morgan fingerprint density at radius 1 is 1.41 bits per heavy atom. The predicted molar refractivity (Wildman–Crippen MR) is 99.9 cm³/mol. The molecular weight excluding hydrogens is 350 g/mol.